The summed E-state index contributed by atoms with van der Waals surface area (Å²) in [5.74, 6) is 0.192. The molecule has 0 aromatic rings. The predicted molar refractivity (Wildman–Crippen MR) is 49.8 cm³/mol. The van der Waals surface area contributed by atoms with Crippen LogP contribution in [0, 0.1) is 5.41 Å². The average molecular weight is 167 g/mol. The van der Waals surface area contributed by atoms with Crippen LogP contribution in [0.1, 0.15) is 27.7 Å². The Kier molecular flexibility index (Phi) is 2.27. The van der Waals surface area contributed by atoms with E-state index in [2.05, 4.69) is 13.8 Å². The van der Waals surface area contributed by atoms with Gasteiger partial charge < -0.3 is 4.90 Å². The van der Waals surface area contributed by atoms with Crippen LogP contribution in [0.3, 0.4) is 0 Å². The molecule has 0 saturated carbocycles. The quantitative estimate of drug-likeness (QED) is 0.545. The lowest BCUT2D eigenvalue weighted by Gasteiger charge is -2.45. The van der Waals surface area contributed by atoms with Crippen molar-refractivity contribution >= 4 is 5.91 Å². The maximum absolute atomic E-state index is 11.5. The molecule has 1 amide bonds. The molecule has 2 heteroatoms. The summed E-state index contributed by atoms with van der Waals surface area (Å²) in [6, 6.07) is 0. The van der Waals surface area contributed by atoms with E-state index in [1.807, 2.05) is 24.8 Å². The molecule has 1 aliphatic heterocycles. The standard InChI is InChI=1S/C10H17NO/c1-5-8(2)9(12)11-6-10(3,4)7-11/h5H,6-7H2,1-4H3/b8-5-. The fraction of sp³-hybridized carbons (Fsp3) is 0.700. The number of carbonyl (C=O) groups is 1. The number of allylic oxidation sites excluding steroid dienone is 1. The summed E-state index contributed by atoms with van der Waals surface area (Å²) in [6.07, 6.45) is 1.87. The van der Waals surface area contributed by atoms with Crippen LogP contribution in [-0.2, 0) is 4.79 Å². The summed E-state index contributed by atoms with van der Waals surface area (Å²) in [7, 11) is 0. The van der Waals surface area contributed by atoms with Gasteiger partial charge in [0, 0.05) is 18.7 Å². The van der Waals surface area contributed by atoms with Crippen molar-refractivity contribution in [2.75, 3.05) is 13.1 Å². The molecular formula is C10H17NO. The normalized spacial score (nSPS) is 22.0. The van der Waals surface area contributed by atoms with Crippen LogP contribution in [0.25, 0.3) is 0 Å². The molecular weight excluding hydrogens is 150 g/mol. The SMILES string of the molecule is C/C=C(/C)C(=O)N1CC(C)(C)C1. The number of likely N-dealkylation sites (tertiary alicyclic amines) is 1. The summed E-state index contributed by atoms with van der Waals surface area (Å²) in [4.78, 5) is 13.4. The van der Waals surface area contributed by atoms with E-state index in [-0.39, 0.29) is 5.91 Å². The van der Waals surface area contributed by atoms with Gasteiger partial charge in [-0.3, -0.25) is 4.79 Å². The van der Waals surface area contributed by atoms with Gasteiger partial charge in [0.2, 0.25) is 5.91 Å². The van der Waals surface area contributed by atoms with Crippen LogP contribution < -0.4 is 0 Å². The highest BCUT2D eigenvalue weighted by atomic mass is 16.2. The molecule has 1 saturated heterocycles. The van der Waals surface area contributed by atoms with Gasteiger partial charge in [-0.2, -0.15) is 0 Å². The minimum atomic E-state index is 0.192. The third-order valence-corrected chi connectivity index (χ3v) is 2.30. The lowest BCUT2D eigenvalue weighted by molar-refractivity contribution is -0.137. The van der Waals surface area contributed by atoms with Gasteiger partial charge in [0.1, 0.15) is 0 Å². The molecule has 1 fully saturated rings. The van der Waals surface area contributed by atoms with Crippen LogP contribution >= 0.6 is 0 Å². The Morgan fingerprint density at radius 1 is 1.42 bits per heavy atom. The smallest absolute Gasteiger partial charge is 0.249 e. The molecule has 0 bridgehead atoms. The highest BCUT2D eigenvalue weighted by molar-refractivity contribution is 5.93. The zero-order valence-electron chi connectivity index (χ0n) is 8.35. The fourth-order valence-electron chi connectivity index (χ4n) is 1.50. The maximum Gasteiger partial charge on any atom is 0.249 e. The number of rotatable bonds is 1. The van der Waals surface area contributed by atoms with Gasteiger partial charge in [-0.05, 0) is 19.3 Å². The van der Waals surface area contributed by atoms with Gasteiger partial charge in [-0.1, -0.05) is 19.9 Å². The number of amides is 1. The Hall–Kier alpha value is -0.790. The molecule has 1 aliphatic rings. The largest absolute Gasteiger partial charge is 0.338 e. The van der Waals surface area contributed by atoms with E-state index in [1.165, 1.54) is 0 Å². The Balaban J connectivity index is 2.49. The lowest BCUT2D eigenvalue weighted by Crippen LogP contribution is -2.55. The van der Waals surface area contributed by atoms with Crippen LogP contribution in [-0.4, -0.2) is 23.9 Å². The van der Waals surface area contributed by atoms with E-state index in [0.717, 1.165) is 18.7 Å². The summed E-state index contributed by atoms with van der Waals surface area (Å²) in [5, 5.41) is 0. The average Bonchev–Trinajstić information content (AvgIpc) is 1.97. The number of nitrogens with zero attached hydrogens (tertiary/aromatic N) is 1. The Labute approximate surface area is 74.2 Å². The van der Waals surface area contributed by atoms with Crippen molar-refractivity contribution in [2.45, 2.75) is 27.7 Å². The van der Waals surface area contributed by atoms with Crippen molar-refractivity contribution in [3.05, 3.63) is 11.6 Å². The van der Waals surface area contributed by atoms with Gasteiger partial charge in [0.25, 0.3) is 0 Å². The van der Waals surface area contributed by atoms with Crippen molar-refractivity contribution in [1.82, 2.24) is 4.90 Å². The van der Waals surface area contributed by atoms with Gasteiger partial charge in [-0.25, -0.2) is 0 Å². The van der Waals surface area contributed by atoms with Crippen LogP contribution in [0.2, 0.25) is 0 Å². The minimum absolute atomic E-state index is 0.192. The van der Waals surface area contributed by atoms with Crippen molar-refractivity contribution < 1.29 is 4.79 Å². The van der Waals surface area contributed by atoms with Gasteiger partial charge in [0.05, 0.1) is 0 Å². The van der Waals surface area contributed by atoms with E-state index in [1.54, 1.807) is 0 Å². The molecule has 0 spiro atoms. The summed E-state index contributed by atoms with van der Waals surface area (Å²) < 4.78 is 0. The van der Waals surface area contributed by atoms with Crippen molar-refractivity contribution in [1.29, 1.82) is 0 Å². The number of hydrogen-bond acceptors (Lipinski definition) is 1. The molecule has 0 radical (unpaired) electrons. The maximum atomic E-state index is 11.5. The number of hydrogen-bond donors (Lipinski definition) is 0. The van der Waals surface area contributed by atoms with Crippen LogP contribution in [0.15, 0.2) is 11.6 Å². The molecule has 2 nitrogen and oxygen atoms in total. The van der Waals surface area contributed by atoms with E-state index >= 15 is 0 Å². The minimum Gasteiger partial charge on any atom is -0.338 e. The predicted octanol–water partition coefficient (Wildman–Crippen LogP) is 1.82. The van der Waals surface area contributed by atoms with Crippen LogP contribution in [0.4, 0.5) is 0 Å². The second-order valence-corrected chi connectivity index (χ2v) is 4.30. The zero-order chi connectivity index (χ0) is 9.35. The molecule has 68 valence electrons. The first-order chi connectivity index (χ1) is 5.46. The first-order valence-electron chi connectivity index (χ1n) is 4.38. The molecule has 1 rings (SSSR count). The van der Waals surface area contributed by atoms with Gasteiger partial charge >= 0.3 is 0 Å². The van der Waals surface area contributed by atoms with Gasteiger partial charge in [-0.15, -0.1) is 0 Å². The van der Waals surface area contributed by atoms with E-state index in [4.69, 9.17) is 0 Å². The number of carbonyl (C=O) groups excluding carboxylic acids is 1. The molecule has 12 heavy (non-hydrogen) atoms. The third-order valence-electron chi connectivity index (χ3n) is 2.30. The van der Waals surface area contributed by atoms with Crippen molar-refractivity contribution in [2.24, 2.45) is 5.41 Å². The highest BCUT2D eigenvalue weighted by Crippen LogP contribution is 2.29. The van der Waals surface area contributed by atoms with Crippen molar-refractivity contribution in [3.8, 4) is 0 Å². The molecule has 0 unspecified atom stereocenters. The topological polar surface area (TPSA) is 20.3 Å². The Morgan fingerprint density at radius 2 is 1.92 bits per heavy atom. The summed E-state index contributed by atoms with van der Waals surface area (Å²) in [6.45, 7) is 9.93. The Bertz CT molecular complexity index is 220. The van der Waals surface area contributed by atoms with Crippen molar-refractivity contribution in [3.63, 3.8) is 0 Å². The molecule has 0 aromatic heterocycles. The highest BCUT2D eigenvalue weighted by Gasteiger charge is 2.37. The molecule has 0 N–H and O–H groups in total. The van der Waals surface area contributed by atoms with E-state index in [0.29, 0.717) is 5.41 Å². The monoisotopic (exact) mass is 167 g/mol. The van der Waals surface area contributed by atoms with Gasteiger partial charge in [0.15, 0.2) is 0 Å². The van der Waals surface area contributed by atoms with E-state index < -0.39 is 0 Å². The second kappa shape index (κ2) is 2.92. The molecule has 1 heterocycles. The third kappa shape index (κ3) is 1.68. The molecule has 0 aliphatic carbocycles. The molecule has 0 aromatic carbocycles. The summed E-state index contributed by atoms with van der Waals surface area (Å²) >= 11 is 0. The second-order valence-electron chi connectivity index (χ2n) is 4.30. The Morgan fingerprint density at radius 3 is 2.25 bits per heavy atom. The first-order valence-corrected chi connectivity index (χ1v) is 4.38. The molecule has 0 atom stereocenters. The van der Waals surface area contributed by atoms with Crippen LogP contribution in [0.5, 0.6) is 0 Å². The first kappa shape index (κ1) is 9.30. The summed E-state index contributed by atoms with van der Waals surface area (Å²) in [5.41, 5.74) is 1.19. The lowest BCUT2D eigenvalue weighted by atomic mass is 9.84. The van der Waals surface area contributed by atoms with E-state index in [9.17, 15) is 4.79 Å². The zero-order valence-corrected chi connectivity index (χ0v) is 8.35. The fourth-order valence-corrected chi connectivity index (χ4v) is 1.50.